The molecule has 1 fully saturated rings. The first-order valence-corrected chi connectivity index (χ1v) is 9.71. The van der Waals surface area contributed by atoms with Gasteiger partial charge in [-0.2, -0.15) is 0 Å². The number of hydrogen-bond donors (Lipinski definition) is 1. The number of rotatable bonds is 4. The number of barbiturate groups is 1. The van der Waals surface area contributed by atoms with E-state index in [9.17, 15) is 19.2 Å². The summed E-state index contributed by atoms with van der Waals surface area (Å²) in [6, 6.07) is 15.0. The predicted octanol–water partition coefficient (Wildman–Crippen LogP) is 4.05. The van der Waals surface area contributed by atoms with Gasteiger partial charge < -0.3 is 9.15 Å². The summed E-state index contributed by atoms with van der Waals surface area (Å²) in [6.07, 6.45) is 1.26. The molecule has 4 amide bonds. The SMILES string of the molecule is COC(=O)c1ccc(-c2ccc(/C=C3\C(=O)NC(=O)N(c4ccc(Cl)cc4)C3=O)o2)cc1. The van der Waals surface area contributed by atoms with Crippen LogP contribution in [0, 0.1) is 0 Å². The van der Waals surface area contributed by atoms with E-state index in [1.165, 1.54) is 37.5 Å². The third kappa shape index (κ3) is 4.03. The molecule has 1 aliphatic heterocycles. The summed E-state index contributed by atoms with van der Waals surface area (Å²) in [5, 5.41) is 2.58. The molecule has 32 heavy (non-hydrogen) atoms. The maximum atomic E-state index is 12.9. The molecule has 0 bridgehead atoms. The van der Waals surface area contributed by atoms with Crippen LogP contribution in [-0.4, -0.2) is 30.9 Å². The molecule has 1 aliphatic rings. The maximum absolute atomic E-state index is 12.9. The number of hydrogen-bond acceptors (Lipinski definition) is 6. The standard InChI is InChI=1S/C23H15ClN2O6/c1-31-22(29)14-4-2-13(3-5-14)19-11-10-17(32-19)12-18-20(27)25-23(30)26(21(18)28)16-8-6-15(24)7-9-16/h2-12H,1H3,(H,25,27,30)/b18-12+. The van der Waals surface area contributed by atoms with Crippen molar-refractivity contribution in [2.24, 2.45) is 0 Å². The number of furan rings is 1. The van der Waals surface area contributed by atoms with E-state index in [4.69, 9.17) is 16.0 Å². The average Bonchev–Trinajstić information content (AvgIpc) is 3.26. The van der Waals surface area contributed by atoms with Crippen molar-refractivity contribution in [2.75, 3.05) is 12.0 Å². The molecular weight excluding hydrogens is 436 g/mol. The molecular formula is C23H15ClN2O6. The van der Waals surface area contributed by atoms with Crippen LogP contribution in [0.3, 0.4) is 0 Å². The van der Waals surface area contributed by atoms with Crippen molar-refractivity contribution in [3.8, 4) is 11.3 Å². The highest BCUT2D eigenvalue weighted by molar-refractivity contribution is 6.39. The Bertz CT molecular complexity index is 1260. The third-order valence-electron chi connectivity index (χ3n) is 4.69. The number of urea groups is 1. The molecule has 0 saturated carbocycles. The Morgan fingerprint density at radius 2 is 1.69 bits per heavy atom. The van der Waals surface area contributed by atoms with Gasteiger partial charge in [0.2, 0.25) is 0 Å². The molecule has 1 N–H and O–H groups in total. The Hall–Kier alpha value is -4.17. The fourth-order valence-corrected chi connectivity index (χ4v) is 3.22. The van der Waals surface area contributed by atoms with Gasteiger partial charge in [-0.1, -0.05) is 23.7 Å². The number of esters is 1. The van der Waals surface area contributed by atoms with E-state index in [-0.39, 0.29) is 17.0 Å². The van der Waals surface area contributed by atoms with E-state index in [1.807, 2.05) is 0 Å². The molecule has 2 heterocycles. The summed E-state index contributed by atoms with van der Waals surface area (Å²) in [7, 11) is 1.30. The minimum atomic E-state index is -0.856. The van der Waals surface area contributed by atoms with E-state index in [2.05, 4.69) is 10.1 Å². The number of imide groups is 2. The normalized spacial score (nSPS) is 15.1. The van der Waals surface area contributed by atoms with E-state index in [1.54, 1.807) is 36.4 Å². The van der Waals surface area contributed by atoms with E-state index >= 15 is 0 Å². The third-order valence-corrected chi connectivity index (χ3v) is 4.94. The van der Waals surface area contributed by atoms with Gasteiger partial charge in [0.1, 0.15) is 17.1 Å². The fourth-order valence-electron chi connectivity index (χ4n) is 3.10. The second-order valence-corrected chi connectivity index (χ2v) is 7.14. The first kappa shape index (κ1) is 21.1. The quantitative estimate of drug-likeness (QED) is 0.365. The molecule has 0 spiro atoms. The molecule has 0 aliphatic carbocycles. The Balaban J connectivity index is 1.61. The number of halogens is 1. The molecule has 0 radical (unpaired) electrons. The van der Waals surface area contributed by atoms with Gasteiger partial charge in [0.05, 0.1) is 18.4 Å². The molecule has 4 rings (SSSR count). The molecule has 2 aromatic carbocycles. The molecule has 8 nitrogen and oxygen atoms in total. The van der Waals surface area contributed by atoms with Crippen LogP contribution in [0.2, 0.25) is 5.02 Å². The lowest BCUT2D eigenvalue weighted by molar-refractivity contribution is -0.122. The number of carbonyl (C=O) groups excluding carboxylic acids is 4. The van der Waals surface area contributed by atoms with Gasteiger partial charge >= 0.3 is 12.0 Å². The minimum Gasteiger partial charge on any atom is -0.465 e. The van der Waals surface area contributed by atoms with Crippen molar-refractivity contribution in [1.29, 1.82) is 0 Å². The van der Waals surface area contributed by atoms with Crippen LogP contribution in [0.15, 0.2) is 70.7 Å². The zero-order valence-corrected chi connectivity index (χ0v) is 17.4. The average molecular weight is 451 g/mol. The van der Waals surface area contributed by atoms with E-state index in [0.29, 0.717) is 21.9 Å². The number of nitrogens with one attached hydrogen (secondary N) is 1. The Labute approximate surface area is 187 Å². The monoisotopic (exact) mass is 450 g/mol. The summed E-state index contributed by atoms with van der Waals surface area (Å²) in [6.45, 7) is 0. The Morgan fingerprint density at radius 1 is 1.00 bits per heavy atom. The molecule has 1 saturated heterocycles. The number of amides is 4. The minimum absolute atomic E-state index is 0.237. The van der Waals surface area contributed by atoms with E-state index < -0.39 is 23.8 Å². The first-order valence-electron chi connectivity index (χ1n) is 9.33. The van der Waals surface area contributed by atoms with Crippen LogP contribution >= 0.6 is 11.6 Å². The van der Waals surface area contributed by atoms with Crippen LogP contribution in [0.4, 0.5) is 10.5 Å². The number of benzene rings is 2. The fraction of sp³-hybridized carbons (Fsp3) is 0.0435. The molecule has 1 aromatic heterocycles. The maximum Gasteiger partial charge on any atom is 0.337 e. The van der Waals surface area contributed by atoms with Crippen LogP contribution in [0.5, 0.6) is 0 Å². The van der Waals surface area contributed by atoms with Crippen molar-refractivity contribution in [2.45, 2.75) is 0 Å². The molecule has 0 atom stereocenters. The zero-order chi connectivity index (χ0) is 22.8. The van der Waals surface area contributed by atoms with Crippen LogP contribution in [0.25, 0.3) is 17.4 Å². The lowest BCUT2D eigenvalue weighted by Gasteiger charge is -2.26. The number of ether oxygens (including phenoxy) is 1. The van der Waals surface area contributed by atoms with Gasteiger partial charge in [0, 0.05) is 10.6 Å². The highest BCUT2D eigenvalue weighted by Crippen LogP contribution is 2.26. The van der Waals surface area contributed by atoms with Gasteiger partial charge in [-0.05, 0) is 54.6 Å². The smallest absolute Gasteiger partial charge is 0.337 e. The second-order valence-electron chi connectivity index (χ2n) is 6.71. The lowest BCUT2D eigenvalue weighted by Crippen LogP contribution is -2.54. The highest BCUT2D eigenvalue weighted by atomic mass is 35.5. The van der Waals surface area contributed by atoms with Crippen molar-refractivity contribution in [3.05, 3.63) is 82.6 Å². The van der Waals surface area contributed by atoms with Gasteiger partial charge in [0.25, 0.3) is 11.8 Å². The van der Waals surface area contributed by atoms with Crippen molar-refractivity contribution < 1.29 is 28.3 Å². The summed E-state index contributed by atoms with van der Waals surface area (Å²) in [5.74, 6) is -1.38. The van der Waals surface area contributed by atoms with Gasteiger partial charge in [-0.25, -0.2) is 14.5 Å². The predicted molar refractivity (Wildman–Crippen MR) is 116 cm³/mol. The number of nitrogens with zero attached hydrogens (tertiary/aromatic N) is 1. The topological polar surface area (TPSA) is 106 Å². The number of methoxy groups -OCH3 is 1. The number of anilines is 1. The van der Waals surface area contributed by atoms with Gasteiger partial charge in [0.15, 0.2) is 0 Å². The Morgan fingerprint density at radius 3 is 2.34 bits per heavy atom. The Kier molecular flexibility index (Phi) is 5.61. The molecule has 0 unspecified atom stereocenters. The van der Waals surface area contributed by atoms with Gasteiger partial charge in [-0.15, -0.1) is 0 Å². The lowest BCUT2D eigenvalue weighted by atomic mass is 10.1. The molecule has 3 aromatic rings. The van der Waals surface area contributed by atoms with E-state index in [0.717, 1.165) is 4.90 Å². The van der Waals surface area contributed by atoms with Crippen molar-refractivity contribution in [3.63, 3.8) is 0 Å². The van der Waals surface area contributed by atoms with Crippen LogP contribution in [0.1, 0.15) is 16.1 Å². The molecule has 9 heteroatoms. The van der Waals surface area contributed by atoms with Crippen molar-refractivity contribution >= 4 is 47.2 Å². The summed E-state index contributed by atoms with van der Waals surface area (Å²) in [4.78, 5) is 49.8. The first-order chi connectivity index (χ1) is 15.4. The second kappa shape index (κ2) is 8.52. The van der Waals surface area contributed by atoms with Crippen LogP contribution < -0.4 is 10.2 Å². The van der Waals surface area contributed by atoms with Gasteiger partial charge in [-0.3, -0.25) is 14.9 Å². The zero-order valence-electron chi connectivity index (χ0n) is 16.6. The summed E-state index contributed by atoms with van der Waals surface area (Å²) < 4.78 is 10.4. The molecule has 160 valence electrons. The summed E-state index contributed by atoms with van der Waals surface area (Å²) in [5.41, 5.74) is 1.07. The highest BCUT2D eigenvalue weighted by Gasteiger charge is 2.37. The van der Waals surface area contributed by atoms with Crippen molar-refractivity contribution in [1.82, 2.24) is 5.32 Å². The summed E-state index contributed by atoms with van der Waals surface area (Å²) >= 11 is 5.86. The largest absolute Gasteiger partial charge is 0.465 e. The van der Waals surface area contributed by atoms with Crippen LogP contribution in [-0.2, 0) is 14.3 Å². The number of carbonyl (C=O) groups is 4.